The Morgan fingerprint density at radius 3 is 2.67 bits per heavy atom. The third-order valence-electron chi connectivity index (χ3n) is 3.13. The number of nitrogens with zero attached hydrogens (tertiary/aromatic N) is 4. The summed E-state index contributed by atoms with van der Waals surface area (Å²) < 4.78 is 3.39. The lowest BCUT2D eigenvalue weighted by Gasteiger charge is -2.06. The zero-order chi connectivity index (χ0) is 14.7. The highest BCUT2D eigenvalue weighted by molar-refractivity contribution is 5.93. The number of carbonyl (C=O) groups excluding carboxylic acids is 1. The van der Waals surface area contributed by atoms with Crippen molar-refractivity contribution in [3.05, 3.63) is 66.2 Å². The molecule has 0 atom stereocenters. The summed E-state index contributed by atoms with van der Waals surface area (Å²) >= 11 is 0. The van der Waals surface area contributed by atoms with Gasteiger partial charge < -0.3 is 5.32 Å². The van der Waals surface area contributed by atoms with E-state index < -0.39 is 0 Å². The van der Waals surface area contributed by atoms with Crippen molar-refractivity contribution in [2.45, 2.75) is 6.54 Å². The van der Waals surface area contributed by atoms with E-state index in [1.54, 1.807) is 35.0 Å². The third kappa shape index (κ3) is 3.00. The Balaban J connectivity index is 1.62. The summed E-state index contributed by atoms with van der Waals surface area (Å²) in [6, 6.07) is 9.76. The van der Waals surface area contributed by atoms with E-state index in [1.807, 2.05) is 36.5 Å². The molecule has 2 aromatic heterocycles. The Morgan fingerprint density at radius 1 is 1.24 bits per heavy atom. The highest BCUT2D eigenvalue weighted by atomic mass is 16.1. The Bertz CT molecular complexity index is 728. The van der Waals surface area contributed by atoms with Gasteiger partial charge in [0.05, 0.1) is 17.4 Å². The monoisotopic (exact) mass is 281 g/mol. The summed E-state index contributed by atoms with van der Waals surface area (Å²) in [6.07, 6.45) is 6.87. The van der Waals surface area contributed by atoms with Gasteiger partial charge in [0.25, 0.3) is 5.91 Å². The van der Waals surface area contributed by atoms with Gasteiger partial charge in [-0.2, -0.15) is 10.2 Å². The molecule has 0 aliphatic heterocycles. The van der Waals surface area contributed by atoms with Crippen molar-refractivity contribution in [1.29, 1.82) is 0 Å². The average Bonchev–Trinajstić information content (AvgIpc) is 3.16. The fraction of sp³-hybridized carbons (Fsp3) is 0.133. The molecular formula is C15H15N5O. The van der Waals surface area contributed by atoms with Crippen molar-refractivity contribution in [1.82, 2.24) is 24.9 Å². The molecule has 21 heavy (non-hydrogen) atoms. The molecule has 1 N–H and O–H groups in total. The van der Waals surface area contributed by atoms with Gasteiger partial charge in [0.2, 0.25) is 0 Å². The number of aromatic nitrogens is 4. The van der Waals surface area contributed by atoms with E-state index in [1.165, 1.54) is 0 Å². The number of nitrogens with one attached hydrogen (secondary N) is 1. The van der Waals surface area contributed by atoms with Gasteiger partial charge in [0.15, 0.2) is 0 Å². The van der Waals surface area contributed by atoms with Crippen LogP contribution in [0, 0.1) is 0 Å². The zero-order valence-electron chi connectivity index (χ0n) is 11.6. The van der Waals surface area contributed by atoms with Crippen LogP contribution in [0.4, 0.5) is 0 Å². The zero-order valence-corrected chi connectivity index (χ0v) is 11.6. The Morgan fingerprint density at radius 2 is 2.05 bits per heavy atom. The summed E-state index contributed by atoms with van der Waals surface area (Å²) in [5, 5.41) is 11.0. The molecule has 2 heterocycles. The van der Waals surface area contributed by atoms with Crippen molar-refractivity contribution in [3.63, 3.8) is 0 Å². The maximum Gasteiger partial charge on any atom is 0.254 e. The van der Waals surface area contributed by atoms with E-state index in [9.17, 15) is 4.79 Å². The molecule has 3 rings (SSSR count). The van der Waals surface area contributed by atoms with Crippen LogP contribution in [0.15, 0.2) is 55.1 Å². The maximum atomic E-state index is 11.9. The maximum absolute atomic E-state index is 11.9. The van der Waals surface area contributed by atoms with Crippen LogP contribution in [0.25, 0.3) is 5.69 Å². The van der Waals surface area contributed by atoms with Crippen LogP contribution in [-0.2, 0) is 13.6 Å². The van der Waals surface area contributed by atoms with Gasteiger partial charge in [-0.3, -0.25) is 9.48 Å². The number of hydrogen-bond acceptors (Lipinski definition) is 3. The van der Waals surface area contributed by atoms with Crippen LogP contribution in [0.1, 0.15) is 15.9 Å². The Labute approximate surface area is 122 Å². The first-order valence-electron chi connectivity index (χ1n) is 6.58. The van der Waals surface area contributed by atoms with E-state index in [4.69, 9.17) is 0 Å². The minimum absolute atomic E-state index is 0.126. The average molecular weight is 281 g/mol. The predicted octanol–water partition coefficient (Wildman–Crippen LogP) is 1.54. The quantitative estimate of drug-likeness (QED) is 0.789. The molecule has 0 spiro atoms. The van der Waals surface area contributed by atoms with Gasteiger partial charge in [-0.1, -0.05) is 12.1 Å². The predicted molar refractivity (Wildman–Crippen MR) is 77.9 cm³/mol. The van der Waals surface area contributed by atoms with Gasteiger partial charge >= 0.3 is 0 Å². The molecule has 0 fully saturated rings. The third-order valence-corrected chi connectivity index (χ3v) is 3.13. The molecule has 106 valence electrons. The molecular weight excluding hydrogens is 266 g/mol. The van der Waals surface area contributed by atoms with Crippen LogP contribution >= 0.6 is 0 Å². The number of aryl methyl sites for hydroxylation is 1. The van der Waals surface area contributed by atoms with Gasteiger partial charge in [-0.25, -0.2) is 4.68 Å². The molecule has 1 amide bonds. The summed E-state index contributed by atoms with van der Waals surface area (Å²) in [4.78, 5) is 11.9. The van der Waals surface area contributed by atoms with Crippen LogP contribution in [-0.4, -0.2) is 25.5 Å². The van der Waals surface area contributed by atoms with E-state index in [2.05, 4.69) is 15.5 Å². The molecule has 0 radical (unpaired) electrons. The van der Waals surface area contributed by atoms with Crippen LogP contribution in [0.3, 0.4) is 0 Å². The van der Waals surface area contributed by atoms with E-state index in [0.717, 1.165) is 11.3 Å². The SMILES string of the molecule is Cn1cc(C(=O)NCc2ccc(-n3cccn3)cc2)cn1. The van der Waals surface area contributed by atoms with Crippen molar-refractivity contribution >= 4 is 5.91 Å². The van der Waals surface area contributed by atoms with Crippen LogP contribution in [0.5, 0.6) is 0 Å². The standard InChI is InChI=1S/C15H15N5O/c1-19-11-13(10-18-19)15(21)16-9-12-3-5-14(6-4-12)20-8-2-7-17-20/h2-8,10-11H,9H2,1H3,(H,16,21). The molecule has 6 nitrogen and oxygen atoms in total. The molecule has 0 saturated heterocycles. The van der Waals surface area contributed by atoms with Gasteiger partial charge in [0.1, 0.15) is 0 Å². The molecule has 0 bridgehead atoms. The minimum Gasteiger partial charge on any atom is -0.348 e. The molecule has 3 aromatic rings. The fourth-order valence-corrected chi connectivity index (χ4v) is 2.01. The highest BCUT2D eigenvalue weighted by Gasteiger charge is 2.07. The first kappa shape index (κ1) is 13.1. The van der Waals surface area contributed by atoms with Crippen molar-refractivity contribution in [3.8, 4) is 5.69 Å². The second kappa shape index (κ2) is 5.62. The first-order valence-corrected chi connectivity index (χ1v) is 6.58. The lowest BCUT2D eigenvalue weighted by molar-refractivity contribution is 0.0951. The highest BCUT2D eigenvalue weighted by Crippen LogP contribution is 2.08. The number of amides is 1. The van der Waals surface area contributed by atoms with E-state index in [0.29, 0.717) is 12.1 Å². The smallest absolute Gasteiger partial charge is 0.254 e. The molecule has 0 saturated carbocycles. The number of benzene rings is 1. The number of carbonyl (C=O) groups is 1. The summed E-state index contributed by atoms with van der Waals surface area (Å²) in [5.74, 6) is -0.126. The van der Waals surface area contributed by atoms with Gasteiger partial charge in [-0.05, 0) is 23.8 Å². The van der Waals surface area contributed by atoms with E-state index in [-0.39, 0.29) is 5.91 Å². The van der Waals surface area contributed by atoms with Crippen molar-refractivity contribution in [2.24, 2.45) is 7.05 Å². The molecule has 0 aliphatic carbocycles. The number of rotatable bonds is 4. The lowest BCUT2D eigenvalue weighted by Crippen LogP contribution is -2.22. The Hall–Kier alpha value is -2.89. The van der Waals surface area contributed by atoms with Crippen molar-refractivity contribution < 1.29 is 4.79 Å². The van der Waals surface area contributed by atoms with E-state index >= 15 is 0 Å². The number of hydrogen-bond donors (Lipinski definition) is 1. The molecule has 0 aliphatic rings. The lowest BCUT2D eigenvalue weighted by atomic mass is 10.2. The molecule has 6 heteroatoms. The topological polar surface area (TPSA) is 64.7 Å². The molecule has 1 aromatic carbocycles. The largest absolute Gasteiger partial charge is 0.348 e. The van der Waals surface area contributed by atoms with Crippen LogP contribution in [0.2, 0.25) is 0 Å². The summed E-state index contributed by atoms with van der Waals surface area (Å²) in [6.45, 7) is 0.479. The normalized spacial score (nSPS) is 10.5. The fourth-order valence-electron chi connectivity index (χ4n) is 2.01. The summed E-state index contributed by atoms with van der Waals surface area (Å²) in [5.41, 5.74) is 2.58. The summed E-state index contributed by atoms with van der Waals surface area (Å²) in [7, 11) is 1.78. The first-order chi connectivity index (χ1) is 10.2. The van der Waals surface area contributed by atoms with Gasteiger partial charge in [-0.15, -0.1) is 0 Å². The van der Waals surface area contributed by atoms with Crippen LogP contribution < -0.4 is 5.32 Å². The molecule has 0 unspecified atom stereocenters. The Kier molecular flexibility index (Phi) is 3.51. The van der Waals surface area contributed by atoms with Crippen molar-refractivity contribution in [2.75, 3.05) is 0 Å². The second-order valence-corrected chi connectivity index (χ2v) is 4.70. The minimum atomic E-state index is -0.126. The second-order valence-electron chi connectivity index (χ2n) is 4.70. The van der Waals surface area contributed by atoms with Gasteiger partial charge in [0, 0.05) is 32.2 Å².